The molecule has 1 N–H and O–H groups in total. The van der Waals surface area contributed by atoms with Crippen molar-refractivity contribution in [3.8, 4) is 11.3 Å². The van der Waals surface area contributed by atoms with Gasteiger partial charge in [-0.15, -0.1) is 0 Å². The van der Waals surface area contributed by atoms with Crippen molar-refractivity contribution < 1.29 is 13.9 Å². The minimum absolute atomic E-state index is 0.0667. The van der Waals surface area contributed by atoms with Crippen LogP contribution in [0.3, 0.4) is 0 Å². The van der Waals surface area contributed by atoms with Crippen LogP contribution in [-0.2, 0) is 16.0 Å². The van der Waals surface area contributed by atoms with Crippen LogP contribution in [0.5, 0.6) is 0 Å². The van der Waals surface area contributed by atoms with E-state index >= 15 is 0 Å². The molecule has 1 aromatic heterocycles. The van der Waals surface area contributed by atoms with E-state index < -0.39 is 0 Å². The summed E-state index contributed by atoms with van der Waals surface area (Å²) in [5.74, 6) is 1.75. The average Bonchev–Trinajstić information content (AvgIpc) is 3.09. The molecule has 2 atom stereocenters. The Labute approximate surface area is 155 Å². The third-order valence-corrected chi connectivity index (χ3v) is 4.56. The number of morpholine rings is 1. The fourth-order valence-electron chi connectivity index (χ4n) is 3.42. The lowest BCUT2D eigenvalue weighted by Crippen LogP contribution is -2.47. The van der Waals surface area contributed by atoms with E-state index in [1.54, 1.807) is 0 Å². The van der Waals surface area contributed by atoms with Gasteiger partial charge in [-0.2, -0.15) is 0 Å². The summed E-state index contributed by atoms with van der Waals surface area (Å²) in [7, 11) is 0. The van der Waals surface area contributed by atoms with E-state index in [0.717, 1.165) is 36.7 Å². The zero-order valence-corrected chi connectivity index (χ0v) is 15.6. The Kier molecular flexibility index (Phi) is 6.47. The van der Waals surface area contributed by atoms with E-state index in [-0.39, 0.29) is 18.1 Å². The molecule has 1 aromatic carbocycles. The molecule has 140 valence electrons. The average molecular weight is 356 g/mol. The quantitative estimate of drug-likeness (QED) is 0.828. The van der Waals surface area contributed by atoms with Gasteiger partial charge < -0.3 is 14.5 Å². The number of hydrogen-bond acceptors (Lipinski definition) is 4. The second-order valence-corrected chi connectivity index (χ2v) is 7.00. The first-order valence-corrected chi connectivity index (χ1v) is 9.39. The fourth-order valence-corrected chi connectivity index (χ4v) is 3.42. The second-order valence-electron chi connectivity index (χ2n) is 7.00. The van der Waals surface area contributed by atoms with Crippen LogP contribution in [0.1, 0.15) is 26.0 Å². The number of hydrogen-bond donors (Lipinski definition) is 1. The number of carbonyl (C=O) groups is 1. The largest absolute Gasteiger partial charge is 0.461 e. The van der Waals surface area contributed by atoms with E-state index in [2.05, 4.69) is 24.1 Å². The molecule has 2 heterocycles. The van der Waals surface area contributed by atoms with Gasteiger partial charge in [0.2, 0.25) is 5.91 Å². The summed E-state index contributed by atoms with van der Waals surface area (Å²) in [5.41, 5.74) is 1.05. The maximum absolute atomic E-state index is 12.1. The molecule has 0 radical (unpaired) electrons. The van der Waals surface area contributed by atoms with Gasteiger partial charge in [0, 0.05) is 44.6 Å². The summed E-state index contributed by atoms with van der Waals surface area (Å²) in [6, 6.07) is 13.9. The summed E-state index contributed by atoms with van der Waals surface area (Å²) in [6.45, 7) is 7.57. The number of furan rings is 1. The molecule has 5 heteroatoms. The molecule has 0 bridgehead atoms. The third-order valence-electron chi connectivity index (χ3n) is 4.56. The SMILES string of the molecule is CC1CN(CCNC(=O)CCc2ccc(-c3ccccc3)o2)CC(C)O1. The molecule has 2 unspecified atom stereocenters. The summed E-state index contributed by atoms with van der Waals surface area (Å²) >= 11 is 0. The van der Waals surface area contributed by atoms with Crippen LogP contribution < -0.4 is 5.32 Å². The third kappa shape index (κ3) is 5.44. The molecule has 0 saturated carbocycles. The van der Waals surface area contributed by atoms with Crippen LogP contribution in [0.15, 0.2) is 46.9 Å². The van der Waals surface area contributed by atoms with Gasteiger partial charge in [-0.3, -0.25) is 9.69 Å². The predicted molar refractivity (Wildman–Crippen MR) is 102 cm³/mol. The van der Waals surface area contributed by atoms with Crippen molar-refractivity contribution in [2.24, 2.45) is 0 Å². The Morgan fingerprint density at radius 3 is 2.58 bits per heavy atom. The van der Waals surface area contributed by atoms with Crippen molar-refractivity contribution >= 4 is 5.91 Å². The van der Waals surface area contributed by atoms with Gasteiger partial charge in [0.15, 0.2) is 0 Å². The maximum atomic E-state index is 12.1. The molecule has 5 nitrogen and oxygen atoms in total. The number of rotatable bonds is 7. The van der Waals surface area contributed by atoms with Gasteiger partial charge in [0.05, 0.1) is 12.2 Å². The fraction of sp³-hybridized carbons (Fsp3) is 0.476. The molecule has 26 heavy (non-hydrogen) atoms. The van der Waals surface area contributed by atoms with Crippen LogP contribution in [0.4, 0.5) is 0 Å². The minimum Gasteiger partial charge on any atom is -0.461 e. The summed E-state index contributed by atoms with van der Waals surface area (Å²) < 4.78 is 11.6. The molecule has 0 spiro atoms. The molecule has 1 aliphatic heterocycles. The Hall–Kier alpha value is -2.11. The standard InChI is InChI=1S/C21H28N2O3/c1-16-14-23(15-17(2)25-16)13-12-22-21(24)11-9-19-8-10-20(26-19)18-6-4-3-5-7-18/h3-8,10,16-17H,9,11-15H2,1-2H3,(H,22,24). The number of amides is 1. The van der Waals surface area contributed by atoms with Crippen molar-refractivity contribution in [2.45, 2.75) is 38.9 Å². The highest BCUT2D eigenvalue weighted by Crippen LogP contribution is 2.22. The number of benzene rings is 1. The van der Waals surface area contributed by atoms with Crippen LogP contribution in [0.2, 0.25) is 0 Å². The first kappa shape index (κ1) is 18.7. The Bertz CT molecular complexity index is 688. The van der Waals surface area contributed by atoms with E-state index in [4.69, 9.17) is 9.15 Å². The van der Waals surface area contributed by atoms with Gasteiger partial charge in [0.25, 0.3) is 0 Å². The van der Waals surface area contributed by atoms with Crippen molar-refractivity contribution in [2.75, 3.05) is 26.2 Å². The maximum Gasteiger partial charge on any atom is 0.220 e. The number of aryl methyl sites for hydroxylation is 1. The number of carbonyl (C=O) groups excluding carboxylic acids is 1. The molecule has 1 aliphatic rings. The van der Waals surface area contributed by atoms with Gasteiger partial charge >= 0.3 is 0 Å². The molecular weight excluding hydrogens is 328 g/mol. The van der Waals surface area contributed by atoms with Crippen LogP contribution in [-0.4, -0.2) is 49.2 Å². The number of ether oxygens (including phenoxy) is 1. The van der Waals surface area contributed by atoms with Crippen molar-refractivity contribution in [3.05, 3.63) is 48.2 Å². The molecule has 3 rings (SSSR count). The van der Waals surface area contributed by atoms with E-state index in [9.17, 15) is 4.79 Å². The topological polar surface area (TPSA) is 54.7 Å². The summed E-state index contributed by atoms with van der Waals surface area (Å²) in [6.07, 6.45) is 1.57. The smallest absolute Gasteiger partial charge is 0.220 e. The first-order valence-electron chi connectivity index (χ1n) is 9.39. The lowest BCUT2D eigenvalue weighted by atomic mass is 10.2. The second kappa shape index (κ2) is 9.01. The molecule has 1 amide bonds. The monoisotopic (exact) mass is 356 g/mol. The number of nitrogens with one attached hydrogen (secondary N) is 1. The Morgan fingerprint density at radius 1 is 1.12 bits per heavy atom. The minimum atomic E-state index is 0.0667. The summed E-state index contributed by atoms with van der Waals surface area (Å²) in [4.78, 5) is 14.4. The van der Waals surface area contributed by atoms with Gasteiger partial charge in [-0.05, 0) is 26.0 Å². The Morgan fingerprint density at radius 2 is 1.85 bits per heavy atom. The Balaban J connectivity index is 1.37. The lowest BCUT2D eigenvalue weighted by Gasteiger charge is -2.35. The van der Waals surface area contributed by atoms with E-state index in [0.29, 0.717) is 19.4 Å². The first-order chi connectivity index (χ1) is 12.6. The van der Waals surface area contributed by atoms with Crippen molar-refractivity contribution in [1.29, 1.82) is 0 Å². The molecular formula is C21H28N2O3. The van der Waals surface area contributed by atoms with E-state index in [1.165, 1.54) is 0 Å². The van der Waals surface area contributed by atoms with Crippen LogP contribution in [0.25, 0.3) is 11.3 Å². The highest BCUT2D eigenvalue weighted by Gasteiger charge is 2.21. The lowest BCUT2D eigenvalue weighted by molar-refractivity contribution is -0.121. The normalized spacial score (nSPS) is 20.8. The van der Waals surface area contributed by atoms with Gasteiger partial charge in [-0.25, -0.2) is 0 Å². The van der Waals surface area contributed by atoms with Crippen molar-refractivity contribution in [3.63, 3.8) is 0 Å². The molecule has 1 fully saturated rings. The zero-order chi connectivity index (χ0) is 18.4. The predicted octanol–water partition coefficient (Wildman–Crippen LogP) is 3.10. The number of nitrogens with zero attached hydrogens (tertiary/aromatic N) is 1. The summed E-state index contributed by atoms with van der Waals surface area (Å²) in [5, 5.41) is 3.01. The zero-order valence-electron chi connectivity index (χ0n) is 15.6. The van der Waals surface area contributed by atoms with E-state index in [1.807, 2.05) is 42.5 Å². The molecule has 0 aliphatic carbocycles. The van der Waals surface area contributed by atoms with Gasteiger partial charge in [0.1, 0.15) is 11.5 Å². The van der Waals surface area contributed by atoms with Crippen molar-refractivity contribution in [1.82, 2.24) is 10.2 Å². The molecule has 1 saturated heterocycles. The highest BCUT2D eigenvalue weighted by atomic mass is 16.5. The van der Waals surface area contributed by atoms with Gasteiger partial charge in [-0.1, -0.05) is 30.3 Å². The highest BCUT2D eigenvalue weighted by molar-refractivity contribution is 5.76. The molecule has 2 aromatic rings. The van der Waals surface area contributed by atoms with Crippen LogP contribution in [0, 0.1) is 0 Å². The van der Waals surface area contributed by atoms with Crippen LogP contribution >= 0.6 is 0 Å².